The summed E-state index contributed by atoms with van der Waals surface area (Å²) in [5.74, 6) is -0.0317. The van der Waals surface area contributed by atoms with Crippen LogP contribution in [0.4, 0.5) is 0 Å². The summed E-state index contributed by atoms with van der Waals surface area (Å²) in [6.07, 6.45) is 17.5. The molecule has 6 heteroatoms. The molecule has 6 fully saturated rings. The lowest BCUT2D eigenvalue weighted by molar-refractivity contribution is -0.153. The number of rotatable bonds is 0. The third kappa shape index (κ3) is 9.94. The number of piperidine rings is 2. The Labute approximate surface area is 207 Å². The molecular weight excluding hydrogens is 428 g/mol. The standard InChI is InChI=1S/C28H50N2O4/c1-21-26-17-14-24(29-21)12-8-9-13-25(31)16-19-28(32)34-27-18-15-23(30-22(27)2)11-7-5-3-4-6-10-20-33-26/h21-24,26-27,29-30H,3-20H2,1-2H3. The highest BCUT2D eigenvalue weighted by atomic mass is 16.5. The number of nitrogens with one attached hydrogen (secondary N) is 2. The van der Waals surface area contributed by atoms with Crippen LogP contribution in [0.3, 0.4) is 0 Å². The molecular formula is C28H50N2O4. The van der Waals surface area contributed by atoms with Crippen LogP contribution in [-0.4, -0.2) is 54.7 Å². The van der Waals surface area contributed by atoms with E-state index in [4.69, 9.17) is 9.47 Å². The van der Waals surface area contributed by atoms with E-state index in [1.165, 1.54) is 44.9 Å². The number of carbonyl (C=O) groups is 2. The number of carbonyl (C=O) groups excluding carboxylic acids is 2. The van der Waals surface area contributed by atoms with E-state index in [-0.39, 0.29) is 30.3 Å². The van der Waals surface area contributed by atoms with Crippen LogP contribution < -0.4 is 10.6 Å². The summed E-state index contributed by atoms with van der Waals surface area (Å²) in [4.78, 5) is 24.6. The molecule has 0 radical (unpaired) electrons. The lowest BCUT2D eigenvalue weighted by Gasteiger charge is -2.35. The first-order valence-corrected chi connectivity index (χ1v) is 14.4. The summed E-state index contributed by atoms with van der Waals surface area (Å²) in [6, 6.07) is 1.65. The minimum atomic E-state index is -0.218. The molecule has 0 aromatic carbocycles. The highest BCUT2D eigenvalue weighted by Crippen LogP contribution is 2.23. The summed E-state index contributed by atoms with van der Waals surface area (Å²) in [7, 11) is 0. The molecule has 6 rings (SSSR count). The minimum absolute atomic E-state index is 0.0652. The summed E-state index contributed by atoms with van der Waals surface area (Å²) < 4.78 is 11.9. The zero-order valence-electron chi connectivity index (χ0n) is 21.8. The van der Waals surface area contributed by atoms with Gasteiger partial charge in [0.25, 0.3) is 0 Å². The lowest BCUT2D eigenvalue weighted by Crippen LogP contribution is -2.50. The molecule has 0 spiro atoms. The maximum Gasteiger partial charge on any atom is 0.306 e. The third-order valence-electron chi connectivity index (χ3n) is 8.14. The number of esters is 1. The number of Topliss-reactive ketones (excluding diaryl/α,β-unsaturated/α-hetero) is 1. The van der Waals surface area contributed by atoms with Crippen molar-refractivity contribution in [2.24, 2.45) is 0 Å². The largest absolute Gasteiger partial charge is 0.461 e. The monoisotopic (exact) mass is 478 g/mol. The smallest absolute Gasteiger partial charge is 0.306 e. The zero-order chi connectivity index (χ0) is 24.2. The molecule has 6 heterocycles. The van der Waals surface area contributed by atoms with E-state index in [0.29, 0.717) is 37.1 Å². The van der Waals surface area contributed by atoms with Gasteiger partial charge in [-0.25, -0.2) is 0 Å². The Bertz CT molecular complexity index is 613. The van der Waals surface area contributed by atoms with E-state index in [9.17, 15) is 9.59 Å². The van der Waals surface area contributed by atoms with Crippen LogP contribution in [0, 0.1) is 0 Å². The second-order valence-corrected chi connectivity index (χ2v) is 11.1. The van der Waals surface area contributed by atoms with Crippen molar-refractivity contribution >= 4 is 11.8 Å². The summed E-state index contributed by atoms with van der Waals surface area (Å²) in [5.41, 5.74) is 0. The van der Waals surface area contributed by atoms with Crippen molar-refractivity contribution in [2.45, 2.75) is 159 Å². The Morgan fingerprint density at radius 3 is 1.88 bits per heavy atom. The molecule has 0 amide bonds. The Morgan fingerprint density at radius 2 is 1.21 bits per heavy atom. The highest BCUT2D eigenvalue weighted by molar-refractivity contribution is 5.82. The molecule has 34 heavy (non-hydrogen) atoms. The van der Waals surface area contributed by atoms with Crippen LogP contribution in [-0.2, 0) is 19.1 Å². The molecule has 6 aliphatic heterocycles. The van der Waals surface area contributed by atoms with Gasteiger partial charge in [-0.05, 0) is 65.2 Å². The van der Waals surface area contributed by atoms with Crippen molar-refractivity contribution in [3.8, 4) is 0 Å². The molecule has 6 unspecified atom stereocenters. The van der Waals surface area contributed by atoms with Gasteiger partial charge >= 0.3 is 5.97 Å². The van der Waals surface area contributed by atoms with Gasteiger partial charge in [0.1, 0.15) is 11.9 Å². The van der Waals surface area contributed by atoms with Gasteiger partial charge in [-0.3, -0.25) is 9.59 Å². The molecule has 196 valence electrons. The fourth-order valence-corrected chi connectivity index (χ4v) is 5.94. The molecule has 4 bridgehead atoms. The van der Waals surface area contributed by atoms with E-state index in [0.717, 1.165) is 51.6 Å². The minimum Gasteiger partial charge on any atom is -0.461 e. The van der Waals surface area contributed by atoms with Gasteiger partial charge in [0, 0.05) is 43.6 Å². The van der Waals surface area contributed by atoms with Crippen LogP contribution in [0.25, 0.3) is 0 Å². The van der Waals surface area contributed by atoms with Gasteiger partial charge in [0.2, 0.25) is 0 Å². The molecule has 6 aliphatic rings. The van der Waals surface area contributed by atoms with Crippen molar-refractivity contribution in [3.05, 3.63) is 0 Å². The first kappa shape index (κ1) is 27.6. The SMILES string of the molecule is CC1NC2CCCCC(=O)CCC(=O)OC3CCC(CCCCCCCCOC1CC2)NC3C. The maximum atomic E-state index is 12.3. The Balaban J connectivity index is 1.43. The summed E-state index contributed by atoms with van der Waals surface area (Å²) in [5, 5.41) is 7.39. The van der Waals surface area contributed by atoms with Crippen molar-refractivity contribution in [1.29, 1.82) is 0 Å². The van der Waals surface area contributed by atoms with Crippen LogP contribution in [0.5, 0.6) is 0 Å². The normalized spacial score (nSPS) is 36.8. The molecule has 6 nitrogen and oxygen atoms in total. The van der Waals surface area contributed by atoms with Gasteiger partial charge in [-0.1, -0.05) is 38.5 Å². The molecule has 0 saturated carbocycles. The third-order valence-corrected chi connectivity index (χ3v) is 8.14. The Morgan fingerprint density at radius 1 is 0.618 bits per heavy atom. The van der Waals surface area contributed by atoms with E-state index in [1.54, 1.807) is 0 Å². The van der Waals surface area contributed by atoms with Crippen molar-refractivity contribution in [2.75, 3.05) is 6.61 Å². The predicted molar refractivity (Wildman–Crippen MR) is 136 cm³/mol. The lowest BCUT2D eigenvalue weighted by atomic mass is 9.92. The van der Waals surface area contributed by atoms with Crippen molar-refractivity contribution in [3.63, 3.8) is 0 Å². The average molecular weight is 479 g/mol. The second kappa shape index (κ2) is 15.2. The van der Waals surface area contributed by atoms with Crippen molar-refractivity contribution < 1.29 is 19.1 Å². The van der Waals surface area contributed by atoms with Crippen LogP contribution >= 0.6 is 0 Å². The Hall–Kier alpha value is -0.980. The van der Waals surface area contributed by atoms with Crippen LogP contribution in [0.15, 0.2) is 0 Å². The number of hydrogen-bond donors (Lipinski definition) is 2. The quantitative estimate of drug-likeness (QED) is 0.465. The molecule has 6 atom stereocenters. The topological polar surface area (TPSA) is 76.7 Å². The number of ketones is 1. The van der Waals surface area contributed by atoms with Crippen LogP contribution in [0.1, 0.15) is 123 Å². The molecule has 0 aliphatic carbocycles. The number of ether oxygens (including phenoxy) is 2. The number of hydrogen-bond acceptors (Lipinski definition) is 6. The summed E-state index contributed by atoms with van der Waals surface area (Å²) in [6.45, 7) is 5.25. The van der Waals surface area contributed by atoms with E-state index >= 15 is 0 Å². The molecule has 0 aromatic heterocycles. The zero-order valence-corrected chi connectivity index (χ0v) is 21.8. The van der Waals surface area contributed by atoms with Gasteiger partial charge < -0.3 is 20.1 Å². The van der Waals surface area contributed by atoms with Gasteiger partial charge in [-0.2, -0.15) is 0 Å². The average Bonchev–Trinajstić information content (AvgIpc) is 2.81. The maximum absolute atomic E-state index is 12.3. The van der Waals surface area contributed by atoms with E-state index < -0.39 is 0 Å². The second-order valence-electron chi connectivity index (χ2n) is 11.1. The van der Waals surface area contributed by atoms with Gasteiger partial charge in [0.05, 0.1) is 12.5 Å². The predicted octanol–water partition coefficient (Wildman–Crippen LogP) is 5.22. The van der Waals surface area contributed by atoms with Crippen LogP contribution in [0.2, 0.25) is 0 Å². The van der Waals surface area contributed by atoms with Crippen molar-refractivity contribution in [1.82, 2.24) is 10.6 Å². The molecule has 2 N–H and O–H groups in total. The first-order chi connectivity index (χ1) is 16.5. The van der Waals surface area contributed by atoms with E-state index in [2.05, 4.69) is 24.5 Å². The first-order valence-electron chi connectivity index (χ1n) is 14.4. The molecule has 0 aromatic rings. The van der Waals surface area contributed by atoms with E-state index in [1.807, 2.05) is 0 Å². The fourth-order valence-electron chi connectivity index (χ4n) is 5.94. The van der Waals surface area contributed by atoms with Gasteiger partial charge in [0.15, 0.2) is 0 Å². The molecule has 6 saturated heterocycles. The van der Waals surface area contributed by atoms with Gasteiger partial charge in [-0.15, -0.1) is 0 Å². The Kier molecular flexibility index (Phi) is 12.3. The highest BCUT2D eigenvalue weighted by Gasteiger charge is 2.29. The summed E-state index contributed by atoms with van der Waals surface area (Å²) >= 11 is 0. The fraction of sp³-hybridized carbons (Fsp3) is 0.929.